The molecule has 8 nitrogen and oxygen atoms in total. The number of fused-ring (bicyclic) bond motifs is 2. The molecule has 3 heterocycles. The van der Waals surface area contributed by atoms with Crippen molar-refractivity contribution in [3.63, 3.8) is 0 Å². The lowest BCUT2D eigenvalue weighted by atomic mass is 10.1. The predicted molar refractivity (Wildman–Crippen MR) is 110 cm³/mol. The molecule has 2 aromatic rings. The molecule has 0 radical (unpaired) electrons. The number of ether oxygens (including phenoxy) is 4. The fraction of sp³-hybridized carbons (Fsp3) is 0.409. The molecule has 5 rings (SSSR count). The molecule has 0 aromatic heterocycles. The van der Waals surface area contributed by atoms with Crippen LogP contribution in [-0.2, 0) is 11.3 Å². The summed E-state index contributed by atoms with van der Waals surface area (Å²) in [5, 5.41) is 2.94. The van der Waals surface area contributed by atoms with Gasteiger partial charge in [-0.1, -0.05) is 6.07 Å². The summed E-state index contributed by atoms with van der Waals surface area (Å²) < 4.78 is 21.5. The molecular formula is C22H25N3O5. The molecule has 0 saturated carbocycles. The van der Waals surface area contributed by atoms with E-state index in [1.807, 2.05) is 18.2 Å². The van der Waals surface area contributed by atoms with E-state index in [1.54, 1.807) is 6.07 Å². The van der Waals surface area contributed by atoms with Crippen molar-refractivity contribution in [2.24, 2.45) is 0 Å². The minimum atomic E-state index is 0.0108. The quantitative estimate of drug-likeness (QED) is 0.782. The second-order valence-electron chi connectivity index (χ2n) is 7.67. The molecule has 0 aliphatic carbocycles. The maximum atomic E-state index is 12.3. The number of nitrogens with zero attached hydrogens (tertiary/aromatic N) is 2. The van der Waals surface area contributed by atoms with Crippen LogP contribution in [0.1, 0.15) is 12.0 Å². The van der Waals surface area contributed by atoms with Crippen molar-refractivity contribution in [1.29, 1.82) is 0 Å². The Labute approximate surface area is 175 Å². The molecule has 3 aliphatic heterocycles. The molecule has 8 heteroatoms. The van der Waals surface area contributed by atoms with Crippen LogP contribution in [0.25, 0.3) is 0 Å². The molecule has 0 bridgehead atoms. The van der Waals surface area contributed by atoms with E-state index in [4.69, 9.17) is 18.9 Å². The fourth-order valence-corrected chi connectivity index (χ4v) is 3.93. The van der Waals surface area contributed by atoms with Gasteiger partial charge in [-0.3, -0.25) is 9.69 Å². The largest absolute Gasteiger partial charge is 0.454 e. The number of carbonyl (C=O) groups is 1. The number of nitrogens with one attached hydrogen (secondary N) is 1. The van der Waals surface area contributed by atoms with Gasteiger partial charge in [0.1, 0.15) is 0 Å². The topological polar surface area (TPSA) is 72.5 Å². The van der Waals surface area contributed by atoms with Crippen LogP contribution >= 0.6 is 0 Å². The van der Waals surface area contributed by atoms with Gasteiger partial charge in [-0.05, 0) is 29.8 Å². The molecule has 158 valence electrons. The van der Waals surface area contributed by atoms with E-state index in [1.165, 1.54) is 5.56 Å². The van der Waals surface area contributed by atoms with Gasteiger partial charge in [-0.15, -0.1) is 0 Å². The summed E-state index contributed by atoms with van der Waals surface area (Å²) in [6.07, 6.45) is 0.469. The number of hydrogen-bond donors (Lipinski definition) is 1. The van der Waals surface area contributed by atoms with Crippen LogP contribution in [0.3, 0.4) is 0 Å². The minimum Gasteiger partial charge on any atom is -0.454 e. The Bertz CT molecular complexity index is 927. The minimum absolute atomic E-state index is 0.0108. The Morgan fingerprint density at radius 2 is 1.43 bits per heavy atom. The lowest BCUT2D eigenvalue weighted by molar-refractivity contribution is -0.116. The Balaban J connectivity index is 1.04. The van der Waals surface area contributed by atoms with Gasteiger partial charge in [0, 0.05) is 57.4 Å². The average molecular weight is 411 g/mol. The number of benzene rings is 2. The Kier molecular flexibility index (Phi) is 5.33. The van der Waals surface area contributed by atoms with Crippen LogP contribution in [0.5, 0.6) is 23.0 Å². The number of carbonyl (C=O) groups excluding carboxylic acids is 1. The van der Waals surface area contributed by atoms with Crippen molar-refractivity contribution < 1.29 is 23.7 Å². The zero-order chi connectivity index (χ0) is 20.3. The van der Waals surface area contributed by atoms with E-state index in [9.17, 15) is 4.79 Å². The summed E-state index contributed by atoms with van der Waals surface area (Å²) in [7, 11) is 0. The number of hydrogen-bond acceptors (Lipinski definition) is 7. The third kappa shape index (κ3) is 4.29. The highest BCUT2D eigenvalue weighted by Gasteiger charge is 2.20. The molecule has 1 saturated heterocycles. The van der Waals surface area contributed by atoms with Crippen molar-refractivity contribution in [3.05, 3.63) is 42.0 Å². The number of anilines is 1. The van der Waals surface area contributed by atoms with Gasteiger partial charge in [0.05, 0.1) is 0 Å². The van der Waals surface area contributed by atoms with E-state index in [0.717, 1.165) is 56.5 Å². The first-order valence-electron chi connectivity index (χ1n) is 10.3. The summed E-state index contributed by atoms with van der Waals surface area (Å²) in [5.74, 6) is 3.05. The number of amides is 1. The van der Waals surface area contributed by atoms with Crippen LogP contribution in [0.4, 0.5) is 5.69 Å². The summed E-state index contributed by atoms with van der Waals surface area (Å²) >= 11 is 0. The average Bonchev–Trinajstić information content (AvgIpc) is 3.42. The highest BCUT2D eigenvalue weighted by Crippen LogP contribution is 2.34. The Hall–Kier alpha value is -2.97. The van der Waals surface area contributed by atoms with Gasteiger partial charge in [-0.2, -0.15) is 0 Å². The first kappa shape index (κ1) is 19.0. The standard InChI is InChI=1S/C22H25N3O5/c26-22(23-17-2-4-19-21(12-17)30-15-28-19)5-6-24-7-9-25(10-8-24)13-16-1-3-18-20(11-16)29-14-27-18/h1-4,11-12H,5-10,13-15H2,(H,23,26). The van der Waals surface area contributed by atoms with Crippen molar-refractivity contribution in [2.75, 3.05) is 51.6 Å². The third-order valence-electron chi connectivity index (χ3n) is 5.62. The van der Waals surface area contributed by atoms with E-state index in [0.29, 0.717) is 24.7 Å². The lowest BCUT2D eigenvalue weighted by Crippen LogP contribution is -2.46. The van der Waals surface area contributed by atoms with Gasteiger partial charge in [0.25, 0.3) is 0 Å². The fourth-order valence-electron chi connectivity index (χ4n) is 3.93. The van der Waals surface area contributed by atoms with E-state index < -0.39 is 0 Å². The van der Waals surface area contributed by atoms with Crippen molar-refractivity contribution in [2.45, 2.75) is 13.0 Å². The normalized spacial score (nSPS) is 17.9. The molecule has 30 heavy (non-hydrogen) atoms. The zero-order valence-corrected chi connectivity index (χ0v) is 16.8. The number of piperazine rings is 1. The smallest absolute Gasteiger partial charge is 0.231 e. The van der Waals surface area contributed by atoms with Crippen molar-refractivity contribution in [1.82, 2.24) is 9.80 Å². The molecule has 1 fully saturated rings. The second-order valence-corrected chi connectivity index (χ2v) is 7.67. The predicted octanol–water partition coefficient (Wildman–Crippen LogP) is 2.29. The Morgan fingerprint density at radius 3 is 2.20 bits per heavy atom. The third-order valence-corrected chi connectivity index (χ3v) is 5.62. The van der Waals surface area contributed by atoms with Crippen LogP contribution in [0, 0.1) is 0 Å². The maximum absolute atomic E-state index is 12.3. The summed E-state index contributed by atoms with van der Waals surface area (Å²) in [5.41, 5.74) is 1.97. The maximum Gasteiger partial charge on any atom is 0.231 e. The van der Waals surface area contributed by atoms with Gasteiger partial charge in [0.15, 0.2) is 23.0 Å². The molecule has 0 unspecified atom stereocenters. The molecule has 0 atom stereocenters. The molecule has 2 aromatic carbocycles. The monoisotopic (exact) mass is 411 g/mol. The van der Waals surface area contributed by atoms with Gasteiger partial charge in [-0.25, -0.2) is 0 Å². The van der Waals surface area contributed by atoms with E-state index in [-0.39, 0.29) is 12.7 Å². The van der Waals surface area contributed by atoms with E-state index in [2.05, 4.69) is 27.2 Å². The SMILES string of the molecule is O=C(CCN1CCN(Cc2ccc3c(c2)OCO3)CC1)Nc1ccc2c(c1)OCO2. The molecular weight excluding hydrogens is 386 g/mol. The summed E-state index contributed by atoms with van der Waals surface area (Å²) in [4.78, 5) is 17.1. The molecule has 0 spiro atoms. The van der Waals surface area contributed by atoms with Crippen LogP contribution < -0.4 is 24.3 Å². The Morgan fingerprint density at radius 1 is 0.800 bits per heavy atom. The van der Waals surface area contributed by atoms with Gasteiger partial charge >= 0.3 is 0 Å². The molecule has 1 N–H and O–H groups in total. The summed E-state index contributed by atoms with van der Waals surface area (Å²) in [6.45, 7) is 6.08. The zero-order valence-electron chi connectivity index (χ0n) is 16.8. The van der Waals surface area contributed by atoms with Crippen LogP contribution in [-0.4, -0.2) is 62.0 Å². The second kappa shape index (κ2) is 8.41. The van der Waals surface area contributed by atoms with Crippen molar-refractivity contribution in [3.8, 4) is 23.0 Å². The van der Waals surface area contributed by atoms with Crippen LogP contribution in [0.2, 0.25) is 0 Å². The molecule has 1 amide bonds. The highest BCUT2D eigenvalue weighted by molar-refractivity contribution is 5.91. The highest BCUT2D eigenvalue weighted by atomic mass is 16.7. The lowest BCUT2D eigenvalue weighted by Gasteiger charge is -2.34. The molecule has 3 aliphatic rings. The number of rotatable bonds is 6. The van der Waals surface area contributed by atoms with Crippen molar-refractivity contribution >= 4 is 11.6 Å². The van der Waals surface area contributed by atoms with E-state index >= 15 is 0 Å². The summed E-state index contributed by atoms with van der Waals surface area (Å²) in [6, 6.07) is 11.6. The van der Waals surface area contributed by atoms with Crippen LogP contribution in [0.15, 0.2) is 36.4 Å². The first-order chi connectivity index (χ1) is 14.7. The van der Waals surface area contributed by atoms with Gasteiger partial charge < -0.3 is 29.2 Å². The first-order valence-corrected chi connectivity index (χ1v) is 10.3. The van der Waals surface area contributed by atoms with Gasteiger partial charge in [0.2, 0.25) is 19.5 Å².